The molecule has 0 spiro atoms. The lowest BCUT2D eigenvalue weighted by atomic mass is 9.88. The standard InChI is InChI=1S/C26H24N4O3S/c1-16(23-27-20-13-6-7-14-21(20)34-23)29(3)22(31)15-30-24(32)26(2,28-25(30)33)19-12-8-10-17-9-4-5-11-18(17)19/h4-14,16H,15H2,1-3H3,(H,28,33)/t16-,26+/m1/s1. The molecule has 0 unspecified atom stereocenters. The molecule has 172 valence electrons. The first-order valence-corrected chi connectivity index (χ1v) is 11.8. The summed E-state index contributed by atoms with van der Waals surface area (Å²) in [5, 5.41) is 5.48. The maximum atomic E-state index is 13.5. The summed E-state index contributed by atoms with van der Waals surface area (Å²) in [6.45, 7) is 3.24. The molecule has 5 rings (SSSR count). The number of hydrogen-bond donors (Lipinski definition) is 1. The van der Waals surface area contributed by atoms with Crippen LogP contribution >= 0.6 is 11.3 Å². The summed E-state index contributed by atoms with van der Waals surface area (Å²) in [5.74, 6) is -0.777. The van der Waals surface area contributed by atoms with Crippen LogP contribution in [-0.4, -0.2) is 46.2 Å². The number of para-hydroxylation sites is 1. The van der Waals surface area contributed by atoms with E-state index in [-0.39, 0.29) is 18.5 Å². The Morgan fingerprint density at radius 1 is 1.09 bits per heavy atom. The molecule has 4 amide bonds. The van der Waals surface area contributed by atoms with E-state index in [1.165, 1.54) is 16.2 Å². The number of nitrogens with zero attached hydrogens (tertiary/aromatic N) is 3. The van der Waals surface area contributed by atoms with E-state index in [0.29, 0.717) is 5.56 Å². The fourth-order valence-corrected chi connectivity index (χ4v) is 5.44. The Balaban J connectivity index is 1.37. The molecule has 1 fully saturated rings. The van der Waals surface area contributed by atoms with Gasteiger partial charge in [0.15, 0.2) is 0 Å². The normalized spacial score (nSPS) is 19.0. The molecule has 1 aliphatic rings. The number of amides is 4. The van der Waals surface area contributed by atoms with E-state index in [9.17, 15) is 14.4 Å². The molecule has 0 saturated carbocycles. The number of likely N-dealkylation sites (N-methyl/N-ethyl adjacent to an activating group) is 1. The van der Waals surface area contributed by atoms with E-state index in [4.69, 9.17) is 0 Å². The monoisotopic (exact) mass is 472 g/mol. The second-order valence-electron chi connectivity index (χ2n) is 8.67. The Bertz CT molecular complexity index is 1410. The molecule has 2 atom stereocenters. The average Bonchev–Trinajstić information content (AvgIpc) is 3.37. The lowest BCUT2D eigenvalue weighted by Crippen LogP contribution is -2.44. The predicted molar refractivity (Wildman–Crippen MR) is 132 cm³/mol. The van der Waals surface area contributed by atoms with Crippen molar-refractivity contribution >= 4 is 50.2 Å². The highest BCUT2D eigenvalue weighted by Crippen LogP contribution is 2.34. The van der Waals surface area contributed by atoms with Crippen molar-refractivity contribution in [3.8, 4) is 0 Å². The zero-order chi connectivity index (χ0) is 24.0. The third kappa shape index (κ3) is 3.51. The molecule has 8 heteroatoms. The number of rotatable bonds is 5. The topological polar surface area (TPSA) is 82.6 Å². The first-order chi connectivity index (χ1) is 16.3. The van der Waals surface area contributed by atoms with Crippen LogP contribution in [0.4, 0.5) is 4.79 Å². The Morgan fingerprint density at radius 2 is 1.79 bits per heavy atom. The van der Waals surface area contributed by atoms with Crippen molar-refractivity contribution in [3.63, 3.8) is 0 Å². The molecular formula is C26H24N4O3S. The summed E-state index contributed by atoms with van der Waals surface area (Å²) in [7, 11) is 1.67. The number of nitrogens with one attached hydrogen (secondary N) is 1. The van der Waals surface area contributed by atoms with E-state index in [2.05, 4.69) is 10.3 Å². The fraction of sp³-hybridized carbons (Fsp3) is 0.231. The smallest absolute Gasteiger partial charge is 0.325 e. The van der Waals surface area contributed by atoms with Crippen LogP contribution < -0.4 is 5.32 Å². The van der Waals surface area contributed by atoms with Crippen molar-refractivity contribution in [2.45, 2.75) is 25.4 Å². The third-order valence-electron chi connectivity index (χ3n) is 6.54. The molecule has 1 aliphatic heterocycles. The molecule has 3 aromatic carbocycles. The van der Waals surface area contributed by atoms with E-state index in [0.717, 1.165) is 30.9 Å². The largest absolute Gasteiger partial charge is 0.335 e. The third-order valence-corrected chi connectivity index (χ3v) is 7.75. The van der Waals surface area contributed by atoms with Crippen molar-refractivity contribution in [1.82, 2.24) is 20.1 Å². The van der Waals surface area contributed by atoms with E-state index >= 15 is 0 Å². The quantitative estimate of drug-likeness (QED) is 0.436. The van der Waals surface area contributed by atoms with Gasteiger partial charge in [0, 0.05) is 7.05 Å². The molecule has 4 aromatic rings. The van der Waals surface area contributed by atoms with Crippen LogP contribution in [0.15, 0.2) is 66.7 Å². The molecule has 2 heterocycles. The molecule has 7 nitrogen and oxygen atoms in total. The lowest BCUT2D eigenvalue weighted by molar-refractivity contribution is -0.139. The number of carbonyl (C=O) groups is 3. The maximum Gasteiger partial charge on any atom is 0.325 e. The Hall–Kier alpha value is -3.78. The summed E-state index contributed by atoms with van der Waals surface area (Å²) in [6.07, 6.45) is 0. The second-order valence-corrected chi connectivity index (χ2v) is 9.74. The zero-order valence-electron chi connectivity index (χ0n) is 19.1. The molecule has 0 bridgehead atoms. The number of aromatic nitrogens is 1. The van der Waals surface area contributed by atoms with Gasteiger partial charge in [-0.25, -0.2) is 9.78 Å². The summed E-state index contributed by atoms with van der Waals surface area (Å²) in [6, 6.07) is 20.3. The first-order valence-electron chi connectivity index (χ1n) is 11.0. The number of carbonyl (C=O) groups excluding carboxylic acids is 3. The zero-order valence-corrected chi connectivity index (χ0v) is 19.9. The van der Waals surface area contributed by atoms with E-state index < -0.39 is 17.5 Å². The molecular weight excluding hydrogens is 448 g/mol. The predicted octanol–water partition coefficient (Wildman–Crippen LogP) is 4.44. The molecule has 1 aromatic heterocycles. The van der Waals surface area contributed by atoms with Crippen molar-refractivity contribution in [1.29, 1.82) is 0 Å². The summed E-state index contributed by atoms with van der Waals surface area (Å²) < 4.78 is 1.05. The second kappa shape index (κ2) is 8.22. The average molecular weight is 473 g/mol. The molecule has 0 radical (unpaired) electrons. The van der Waals surface area contributed by atoms with Crippen molar-refractivity contribution in [2.24, 2.45) is 0 Å². The van der Waals surface area contributed by atoms with Crippen LogP contribution in [0.3, 0.4) is 0 Å². The van der Waals surface area contributed by atoms with Crippen LogP contribution in [0.25, 0.3) is 21.0 Å². The van der Waals surface area contributed by atoms with Gasteiger partial charge in [-0.3, -0.25) is 14.5 Å². The number of hydrogen-bond acceptors (Lipinski definition) is 5. The van der Waals surface area contributed by atoms with Crippen LogP contribution in [0.1, 0.15) is 30.5 Å². The van der Waals surface area contributed by atoms with Gasteiger partial charge < -0.3 is 10.2 Å². The van der Waals surface area contributed by atoms with E-state index in [1.54, 1.807) is 14.0 Å². The number of thiazole rings is 1. The highest BCUT2D eigenvalue weighted by atomic mass is 32.1. The minimum atomic E-state index is -1.25. The van der Waals surface area contributed by atoms with E-state index in [1.807, 2.05) is 73.7 Å². The summed E-state index contributed by atoms with van der Waals surface area (Å²) in [5.41, 5.74) is 0.334. The molecule has 1 N–H and O–H groups in total. The minimum Gasteiger partial charge on any atom is -0.335 e. The molecule has 34 heavy (non-hydrogen) atoms. The van der Waals surface area contributed by atoms with Gasteiger partial charge in [0.2, 0.25) is 5.91 Å². The van der Waals surface area contributed by atoms with Gasteiger partial charge in [-0.1, -0.05) is 54.6 Å². The van der Waals surface area contributed by atoms with Crippen LogP contribution in [-0.2, 0) is 15.1 Å². The van der Waals surface area contributed by atoms with Gasteiger partial charge in [0.1, 0.15) is 17.1 Å². The van der Waals surface area contributed by atoms with Gasteiger partial charge >= 0.3 is 6.03 Å². The van der Waals surface area contributed by atoms with Crippen molar-refractivity contribution < 1.29 is 14.4 Å². The highest BCUT2D eigenvalue weighted by molar-refractivity contribution is 7.18. The van der Waals surface area contributed by atoms with Gasteiger partial charge in [-0.2, -0.15) is 0 Å². The van der Waals surface area contributed by atoms with Crippen LogP contribution in [0.5, 0.6) is 0 Å². The first kappa shape index (κ1) is 22.0. The lowest BCUT2D eigenvalue weighted by Gasteiger charge is -2.26. The van der Waals surface area contributed by atoms with Crippen molar-refractivity contribution in [3.05, 3.63) is 77.3 Å². The number of fused-ring (bicyclic) bond motifs is 2. The minimum absolute atomic E-state index is 0.296. The summed E-state index contributed by atoms with van der Waals surface area (Å²) in [4.78, 5) is 46.6. The maximum absolute atomic E-state index is 13.5. The SMILES string of the molecule is C[C@H](c1nc2ccccc2s1)N(C)C(=O)CN1C(=O)N[C@@](C)(c2cccc3ccccc23)C1=O. The van der Waals surface area contributed by atoms with Gasteiger partial charge in [0.25, 0.3) is 5.91 Å². The molecule has 1 saturated heterocycles. The fourth-order valence-electron chi connectivity index (χ4n) is 4.38. The number of urea groups is 1. The number of imide groups is 1. The van der Waals surface area contributed by atoms with Gasteiger partial charge in [-0.15, -0.1) is 11.3 Å². The Morgan fingerprint density at radius 3 is 2.59 bits per heavy atom. The van der Waals surface area contributed by atoms with Crippen LogP contribution in [0, 0.1) is 0 Å². The highest BCUT2D eigenvalue weighted by Gasteiger charge is 2.50. The number of benzene rings is 3. The van der Waals surface area contributed by atoms with Gasteiger partial charge in [0.05, 0.1) is 16.3 Å². The Labute approximate surface area is 201 Å². The summed E-state index contributed by atoms with van der Waals surface area (Å²) >= 11 is 1.53. The van der Waals surface area contributed by atoms with Crippen molar-refractivity contribution in [2.75, 3.05) is 13.6 Å². The molecule has 0 aliphatic carbocycles. The van der Waals surface area contributed by atoms with Crippen LogP contribution in [0.2, 0.25) is 0 Å². The van der Waals surface area contributed by atoms with Gasteiger partial charge in [-0.05, 0) is 42.3 Å². The Kier molecular flexibility index (Phi) is 5.32.